The quantitative estimate of drug-likeness (QED) is 0.389. The number of aromatic nitrogens is 2. The highest BCUT2D eigenvalue weighted by Gasteiger charge is 2.23. The third kappa shape index (κ3) is 4.09. The second kappa shape index (κ2) is 7.97. The molecule has 2 heterocycles. The Bertz CT molecular complexity index is 1130. The topological polar surface area (TPSA) is 65.2 Å². The summed E-state index contributed by atoms with van der Waals surface area (Å²) in [6, 6.07) is 15.6. The summed E-state index contributed by atoms with van der Waals surface area (Å²) in [6.45, 7) is 3.68. The van der Waals surface area contributed by atoms with Crippen LogP contribution in [0, 0.1) is 12.7 Å². The molecule has 0 aliphatic rings. The standard InChI is InChI=1S/C22H17FN2O3S/c1-13-3-5-15(6-4-13)18-11-12-29-19(18)22(26)27-14(2)20-24-25-21(28-20)16-7-9-17(23)10-8-16/h3-12,14H,1-2H3/t14-/m0/s1. The number of carbonyl (C=O) groups is 1. The molecule has 4 aromatic rings. The minimum Gasteiger partial charge on any atom is -0.448 e. The van der Waals surface area contributed by atoms with E-state index in [0.717, 1.165) is 16.7 Å². The van der Waals surface area contributed by atoms with Crippen molar-refractivity contribution in [2.75, 3.05) is 0 Å². The van der Waals surface area contributed by atoms with Gasteiger partial charge in [-0.25, -0.2) is 9.18 Å². The van der Waals surface area contributed by atoms with Gasteiger partial charge in [-0.15, -0.1) is 21.5 Å². The Labute approximate surface area is 170 Å². The number of hydrogen-bond acceptors (Lipinski definition) is 6. The Hall–Kier alpha value is -3.32. The third-order valence-corrected chi connectivity index (χ3v) is 5.27. The van der Waals surface area contributed by atoms with Gasteiger partial charge in [-0.1, -0.05) is 29.8 Å². The van der Waals surface area contributed by atoms with Crippen molar-refractivity contribution in [1.82, 2.24) is 10.2 Å². The number of ether oxygens (including phenoxy) is 1. The maximum absolute atomic E-state index is 13.1. The van der Waals surface area contributed by atoms with Crippen molar-refractivity contribution in [1.29, 1.82) is 0 Å². The Morgan fingerprint density at radius 3 is 2.45 bits per heavy atom. The largest absolute Gasteiger partial charge is 0.448 e. The molecular formula is C22H17FN2O3S. The summed E-state index contributed by atoms with van der Waals surface area (Å²) in [5.41, 5.74) is 3.51. The molecule has 5 nitrogen and oxygen atoms in total. The minimum absolute atomic E-state index is 0.172. The molecule has 1 atom stereocenters. The highest BCUT2D eigenvalue weighted by atomic mass is 32.1. The van der Waals surface area contributed by atoms with E-state index in [1.54, 1.807) is 19.1 Å². The lowest BCUT2D eigenvalue weighted by atomic mass is 10.1. The molecule has 0 N–H and O–H groups in total. The number of carbonyl (C=O) groups excluding carboxylic acids is 1. The molecule has 0 bridgehead atoms. The van der Waals surface area contributed by atoms with E-state index in [2.05, 4.69) is 10.2 Å². The first-order chi connectivity index (χ1) is 14.0. The SMILES string of the molecule is Cc1ccc(-c2ccsc2C(=O)O[C@@H](C)c2nnc(-c3ccc(F)cc3)o2)cc1. The van der Waals surface area contributed by atoms with Gasteiger partial charge in [0, 0.05) is 11.1 Å². The van der Waals surface area contributed by atoms with E-state index >= 15 is 0 Å². The van der Waals surface area contributed by atoms with Crippen molar-refractivity contribution in [3.05, 3.63) is 82.1 Å². The minimum atomic E-state index is -0.725. The summed E-state index contributed by atoms with van der Waals surface area (Å²) in [7, 11) is 0. The van der Waals surface area contributed by atoms with Crippen LogP contribution < -0.4 is 0 Å². The maximum atomic E-state index is 13.1. The van der Waals surface area contributed by atoms with Crippen LogP contribution >= 0.6 is 11.3 Å². The highest BCUT2D eigenvalue weighted by Crippen LogP contribution is 2.31. The first-order valence-electron chi connectivity index (χ1n) is 8.96. The van der Waals surface area contributed by atoms with Crippen LogP contribution in [-0.4, -0.2) is 16.2 Å². The number of nitrogens with zero attached hydrogens (tertiary/aromatic N) is 2. The van der Waals surface area contributed by atoms with Gasteiger partial charge >= 0.3 is 5.97 Å². The zero-order valence-electron chi connectivity index (χ0n) is 15.8. The Balaban J connectivity index is 1.50. The molecule has 0 amide bonds. The van der Waals surface area contributed by atoms with Gasteiger partial charge in [-0.05, 0) is 55.1 Å². The fourth-order valence-corrected chi connectivity index (χ4v) is 3.60. The first-order valence-corrected chi connectivity index (χ1v) is 9.84. The lowest BCUT2D eigenvalue weighted by Crippen LogP contribution is -2.09. The average molecular weight is 408 g/mol. The van der Waals surface area contributed by atoms with E-state index in [4.69, 9.17) is 9.15 Å². The molecule has 0 radical (unpaired) electrons. The molecule has 0 unspecified atom stereocenters. The van der Waals surface area contributed by atoms with Gasteiger partial charge in [-0.2, -0.15) is 0 Å². The molecule has 2 aromatic carbocycles. The van der Waals surface area contributed by atoms with E-state index in [1.807, 2.05) is 42.6 Å². The number of halogens is 1. The third-order valence-electron chi connectivity index (χ3n) is 4.38. The Morgan fingerprint density at radius 1 is 1.03 bits per heavy atom. The number of thiophene rings is 1. The summed E-state index contributed by atoms with van der Waals surface area (Å²) < 4.78 is 24.2. The smallest absolute Gasteiger partial charge is 0.349 e. The molecule has 146 valence electrons. The van der Waals surface area contributed by atoms with Gasteiger partial charge in [-0.3, -0.25) is 0 Å². The summed E-state index contributed by atoms with van der Waals surface area (Å²) in [5, 5.41) is 9.77. The summed E-state index contributed by atoms with van der Waals surface area (Å²) in [6.07, 6.45) is -0.725. The molecule has 0 spiro atoms. The number of hydrogen-bond donors (Lipinski definition) is 0. The van der Waals surface area contributed by atoms with Gasteiger partial charge in [0.1, 0.15) is 10.7 Å². The van der Waals surface area contributed by atoms with Gasteiger partial charge < -0.3 is 9.15 Å². The van der Waals surface area contributed by atoms with Crippen LogP contribution in [0.25, 0.3) is 22.6 Å². The van der Waals surface area contributed by atoms with Gasteiger partial charge in [0.2, 0.25) is 5.89 Å². The van der Waals surface area contributed by atoms with Gasteiger partial charge in [0.05, 0.1) is 0 Å². The van der Waals surface area contributed by atoms with E-state index in [0.29, 0.717) is 10.4 Å². The zero-order chi connectivity index (χ0) is 20.4. The Morgan fingerprint density at radius 2 is 1.72 bits per heavy atom. The molecule has 4 rings (SSSR count). The molecule has 2 aromatic heterocycles. The lowest BCUT2D eigenvalue weighted by Gasteiger charge is -2.10. The van der Waals surface area contributed by atoms with Crippen molar-refractivity contribution < 1.29 is 18.3 Å². The number of rotatable bonds is 5. The average Bonchev–Trinajstić information content (AvgIpc) is 3.39. The zero-order valence-corrected chi connectivity index (χ0v) is 16.6. The second-order valence-electron chi connectivity index (χ2n) is 6.53. The summed E-state index contributed by atoms with van der Waals surface area (Å²) >= 11 is 1.32. The van der Waals surface area contributed by atoms with Crippen molar-refractivity contribution in [3.8, 4) is 22.6 Å². The normalized spacial score (nSPS) is 12.0. The molecule has 0 fully saturated rings. The van der Waals surface area contributed by atoms with E-state index in [9.17, 15) is 9.18 Å². The first kappa shape index (κ1) is 19.0. The molecule has 0 saturated carbocycles. The molecule has 0 aliphatic heterocycles. The monoisotopic (exact) mass is 408 g/mol. The number of benzene rings is 2. The molecule has 7 heteroatoms. The van der Waals surface area contributed by atoms with Crippen LogP contribution in [0.4, 0.5) is 4.39 Å². The van der Waals surface area contributed by atoms with Gasteiger partial charge in [0.15, 0.2) is 6.10 Å². The van der Waals surface area contributed by atoms with Crippen LogP contribution in [0.15, 0.2) is 64.4 Å². The fraction of sp³-hybridized carbons (Fsp3) is 0.136. The van der Waals surface area contributed by atoms with E-state index in [1.165, 1.54) is 23.5 Å². The fourth-order valence-electron chi connectivity index (χ4n) is 2.80. The van der Waals surface area contributed by atoms with Crippen LogP contribution in [0.3, 0.4) is 0 Å². The van der Waals surface area contributed by atoms with Crippen molar-refractivity contribution in [2.24, 2.45) is 0 Å². The highest BCUT2D eigenvalue weighted by molar-refractivity contribution is 7.12. The second-order valence-corrected chi connectivity index (χ2v) is 7.45. The molecule has 0 aliphatic carbocycles. The van der Waals surface area contributed by atoms with Gasteiger partial charge in [0.25, 0.3) is 5.89 Å². The Kier molecular flexibility index (Phi) is 5.22. The summed E-state index contributed by atoms with van der Waals surface area (Å²) in [4.78, 5) is 13.2. The van der Waals surface area contributed by atoms with Crippen molar-refractivity contribution in [3.63, 3.8) is 0 Å². The van der Waals surface area contributed by atoms with Crippen LogP contribution in [-0.2, 0) is 4.74 Å². The maximum Gasteiger partial charge on any atom is 0.349 e. The van der Waals surface area contributed by atoms with Crippen molar-refractivity contribution in [2.45, 2.75) is 20.0 Å². The van der Waals surface area contributed by atoms with E-state index in [-0.39, 0.29) is 17.6 Å². The predicted molar refractivity (Wildman–Crippen MR) is 108 cm³/mol. The number of esters is 1. The summed E-state index contributed by atoms with van der Waals surface area (Å²) in [5.74, 6) is -0.397. The van der Waals surface area contributed by atoms with E-state index < -0.39 is 12.1 Å². The van der Waals surface area contributed by atoms with Crippen LogP contribution in [0.2, 0.25) is 0 Å². The molecular weight excluding hydrogens is 391 g/mol. The molecule has 29 heavy (non-hydrogen) atoms. The van der Waals surface area contributed by atoms with Crippen molar-refractivity contribution >= 4 is 17.3 Å². The molecule has 0 saturated heterocycles. The lowest BCUT2D eigenvalue weighted by molar-refractivity contribution is 0.0286. The van der Waals surface area contributed by atoms with Crippen LogP contribution in [0.1, 0.15) is 34.2 Å². The predicted octanol–water partition coefficient (Wildman–Crippen LogP) is 5.83. The van der Waals surface area contributed by atoms with Crippen LogP contribution in [0.5, 0.6) is 0 Å². The number of aryl methyl sites for hydroxylation is 1.